The zero-order chi connectivity index (χ0) is 15.4. The van der Waals surface area contributed by atoms with Crippen LogP contribution in [0.5, 0.6) is 0 Å². The molecule has 10 heteroatoms. The maximum absolute atomic E-state index is 11.9. The molecule has 110 valence electrons. The maximum Gasteiger partial charge on any atom is 0.326 e. The number of hydrogen-bond acceptors (Lipinski definition) is 5. The molecule has 0 saturated carbocycles. The molecule has 0 radical (unpaired) electrons. The smallest absolute Gasteiger partial charge is 0.326 e. The fourth-order valence-electron chi connectivity index (χ4n) is 1.60. The van der Waals surface area contributed by atoms with Gasteiger partial charge in [0.2, 0.25) is 17.7 Å². The Morgan fingerprint density at radius 1 is 1.50 bits per heavy atom. The molecule has 5 N–H and O–H groups in total. The molecular formula is C10H14N4O6. The molecule has 0 aromatic heterocycles. The van der Waals surface area contributed by atoms with Crippen molar-refractivity contribution in [3.05, 3.63) is 0 Å². The highest BCUT2D eigenvalue weighted by Crippen LogP contribution is 2.06. The minimum absolute atomic E-state index is 0.387. The fourth-order valence-corrected chi connectivity index (χ4v) is 1.60. The van der Waals surface area contributed by atoms with Crippen LogP contribution in [-0.4, -0.2) is 58.4 Å². The molecule has 1 aliphatic rings. The van der Waals surface area contributed by atoms with Crippen LogP contribution in [0.25, 0.3) is 0 Å². The van der Waals surface area contributed by atoms with Gasteiger partial charge in [0, 0.05) is 0 Å². The van der Waals surface area contributed by atoms with Crippen LogP contribution in [0.4, 0.5) is 4.79 Å². The van der Waals surface area contributed by atoms with Crippen LogP contribution >= 0.6 is 0 Å². The van der Waals surface area contributed by atoms with Crippen molar-refractivity contribution < 1.29 is 29.1 Å². The van der Waals surface area contributed by atoms with Crippen molar-refractivity contribution in [3.63, 3.8) is 0 Å². The molecule has 0 aromatic carbocycles. The predicted octanol–water partition coefficient (Wildman–Crippen LogP) is -2.63. The lowest BCUT2D eigenvalue weighted by atomic mass is 10.2. The zero-order valence-electron chi connectivity index (χ0n) is 10.6. The first-order valence-corrected chi connectivity index (χ1v) is 5.64. The Balaban J connectivity index is 2.77. The second-order valence-corrected chi connectivity index (χ2v) is 4.23. The first-order chi connectivity index (χ1) is 9.22. The molecule has 0 aliphatic carbocycles. The van der Waals surface area contributed by atoms with E-state index in [4.69, 9.17) is 10.8 Å². The molecular weight excluding hydrogens is 272 g/mol. The number of nitrogens with two attached hydrogens (primary N) is 1. The van der Waals surface area contributed by atoms with E-state index in [1.807, 2.05) is 10.6 Å². The molecule has 1 saturated heterocycles. The van der Waals surface area contributed by atoms with Gasteiger partial charge in [-0.1, -0.05) is 0 Å². The Bertz CT molecular complexity index is 476. The van der Waals surface area contributed by atoms with Gasteiger partial charge >= 0.3 is 12.0 Å². The largest absolute Gasteiger partial charge is 0.480 e. The van der Waals surface area contributed by atoms with Crippen LogP contribution in [-0.2, 0) is 19.2 Å². The van der Waals surface area contributed by atoms with E-state index in [1.165, 1.54) is 6.92 Å². The summed E-state index contributed by atoms with van der Waals surface area (Å²) in [5.41, 5.74) is 4.87. The van der Waals surface area contributed by atoms with Gasteiger partial charge in [0.15, 0.2) is 0 Å². The zero-order valence-corrected chi connectivity index (χ0v) is 10.6. The van der Waals surface area contributed by atoms with Crippen molar-refractivity contribution in [2.24, 2.45) is 5.73 Å². The van der Waals surface area contributed by atoms with Gasteiger partial charge in [0.05, 0.1) is 6.42 Å². The average molecular weight is 286 g/mol. The van der Waals surface area contributed by atoms with Crippen LogP contribution < -0.4 is 16.4 Å². The third-order valence-corrected chi connectivity index (χ3v) is 2.69. The van der Waals surface area contributed by atoms with E-state index < -0.39 is 48.2 Å². The summed E-state index contributed by atoms with van der Waals surface area (Å²) in [5.74, 6) is -3.70. The van der Waals surface area contributed by atoms with E-state index in [0.29, 0.717) is 0 Å². The number of piperazine rings is 1. The average Bonchev–Trinajstić information content (AvgIpc) is 2.32. The summed E-state index contributed by atoms with van der Waals surface area (Å²) in [5, 5.41) is 12.9. The number of amides is 5. The van der Waals surface area contributed by atoms with Crippen molar-refractivity contribution >= 4 is 29.7 Å². The topological polar surface area (TPSA) is 159 Å². The van der Waals surface area contributed by atoms with Crippen molar-refractivity contribution in [2.75, 3.05) is 6.54 Å². The Hall–Kier alpha value is -2.65. The number of carboxylic acid groups (broad SMARTS) is 1. The Labute approximate surface area is 113 Å². The fraction of sp³-hybridized carbons (Fsp3) is 0.500. The lowest BCUT2D eigenvalue weighted by Crippen LogP contribution is -2.62. The summed E-state index contributed by atoms with van der Waals surface area (Å²) in [6, 6.07) is -3.39. The number of primary amides is 1. The van der Waals surface area contributed by atoms with E-state index >= 15 is 0 Å². The first-order valence-electron chi connectivity index (χ1n) is 5.64. The minimum Gasteiger partial charge on any atom is -0.480 e. The molecule has 1 aliphatic heterocycles. The SMILES string of the molecule is CC1C(=O)NC(=O)CN1C(=O)N[C@H](CC(N)=O)C(=O)O. The number of carbonyl (C=O) groups is 5. The molecule has 0 aromatic rings. The second kappa shape index (κ2) is 5.99. The van der Waals surface area contributed by atoms with E-state index in [0.717, 1.165) is 4.90 Å². The van der Waals surface area contributed by atoms with Gasteiger partial charge in [-0.25, -0.2) is 9.59 Å². The summed E-state index contributed by atoms with van der Waals surface area (Å²) in [6.07, 6.45) is -0.594. The van der Waals surface area contributed by atoms with Crippen LogP contribution in [0, 0.1) is 0 Å². The van der Waals surface area contributed by atoms with Crippen molar-refractivity contribution in [1.82, 2.24) is 15.5 Å². The third-order valence-electron chi connectivity index (χ3n) is 2.69. The Morgan fingerprint density at radius 3 is 2.60 bits per heavy atom. The van der Waals surface area contributed by atoms with E-state index in [-0.39, 0.29) is 6.54 Å². The number of nitrogens with zero attached hydrogens (tertiary/aromatic N) is 1. The normalized spacial score (nSPS) is 20.1. The van der Waals surface area contributed by atoms with Gasteiger partial charge < -0.3 is 21.1 Å². The highest BCUT2D eigenvalue weighted by Gasteiger charge is 2.35. The molecule has 1 unspecified atom stereocenters. The molecule has 10 nitrogen and oxygen atoms in total. The number of rotatable bonds is 4. The highest BCUT2D eigenvalue weighted by molar-refractivity contribution is 6.04. The molecule has 0 spiro atoms. The number of carboxylic acids is 1. The monoisotopic (exact) mass is 286 g/mol. The summed E-state index contributed by atoms with van der Waals surface area (Å²) in [4.78, 5) is 56.9. The molecule has 0 bridgehead atoms. The van der Waals surface area contributed by atoms with Crippen LogP contribution in [0.3, 0.4) is 0 Å². The number of hydrogen-bond donors (Lipinski definition) is 4. The highest BCUT2D eigenvalue weighted by atomic mass is 16.4. The Kier molecular flexibility index (Phi) is 4.62. The molecule has 1 fully saturated rings. The quantitative estimate of drug-likeness (QED) is 0.414. The summed E-state index contributed by atoms with van der Waals surface area (Å²) in [7, 11) is 0. The van der Waals surface area contributed by atoms with Gasteiger partial charge in [-0.2, -0.15) is 0 Å². The van der Waals surface area contributed by atoms with Crippen molar-refractivity contribution in [1.29, 1.82) is 0 Å². The number of nitrogens with one attached hydrogen (secondary N) is 2. The van der Waals surface area contributed by atoms with Crippen molar-refractivity contribution in [2.45, 2.75) is 25.4 Å². The standard InChI is InChI=1S/C10H14N4O6/c1-4-8(17)13-7(16)3-14(4)10(20)12-5(9(18)19)2-6(11)15/h4-5H,2-3H2,1H3,(H2,11,15)(H,12,20)(H,18,19)(H,13,16,17)/t4?,5-/m1/s1. The van der Waals surface area contributed by atoms with E-state index in [1.54, 1.807) is 0 Å². The molecule has 2 atom stereocenters. The maximum atomic E-state index is 11.9. The number of urea groups is 1. The van der Waals surface area contributed by atoms with Crippen LogP contribution in [0.2, 0.25) is 0 Å². The molecule has 5 amide bonds. The van der Waals surface area contributed by atoms with Gasteiger partial charge in [-0.05, 0) is 6.92 Å². The van der Waals surface area contributed by atoms with Gasteiger partial charge in [0.1, 0.15) is 18.6 Å². The van der Waals surface area contributed by atoms with Crippen LogP contribution in [0.15, 0.2) is 0 Å². The van der Waals surface area contributed by atoms with Crippen molar-refractivity contribution in [3.8, 4) is 0 Å². The molecule has 20 heavy (non-hydrogen) atoms. The number of carbonyl (C=O) groups excluding carboxylic acids is 4. The minimum atomic E-state index is -1.52. The lowest BCUT2D eigenvalue weighted by Gasteiger charge is -2.32. The summed E-state index contributed by atoms with van der Waals surface area (Å²) in [6.45, 7) is 0.993. The molecule has 1 rings (SSSR count). The summed E-state index contributed by atoms with van der Waals surface area (Å²) < 4.78 is 0. The van der Waals surface area contributed by atoms with E-state index in [9.17, 15) is 24.0 Å². The van der Waals surface area contributed by atoms with Gasteiger partial charge in [0.25, 0.3) is 0 Å². The van der Waals surface area contributed by atoms with Gasteiger partial charge in [-0.15, -0.1) is 0 Å². The number of imide groups is 1. The predicted molar refractivity (Wildman–Crippen MR) is 63.1 cm³/mol. The first kappa shape index (κ1) is 15.4. The second-order valence-electron chi connectivity index (χ2n) is 4.23. The third kappa shape index (κ3) is 3.67. The molecule has 1 heterocycles. The Morgan fingerprint density at radius 2 is 2.10 bits per heavy atom. The summed E-state index contributed by atoms with van der Waals surface area (Å²) >= 11 is 0. The van der Waals surface area contributed by atoms with Gasteiger partial charge in [-0.3, -0.25) is 19.7 Å². The van der Waals surface area contributed by atoms with Crippen LogP contribution in [0.1, 0.15) is 13.3 Å². The number of aliphatic carboxylic acids is 1. The lowest BCUT2D eigenvalue weighted by molar-refractivity contribution is -0.141. The van der Waals surface area contributed by atoms with E-state index in [2.05, 4.69) is 0 Å².